The zero-order valence-electron chi connectivity index (χ0n) is 17.3. The maximum atomic E-state index is 12.2. The number of carbonyl (C=O) groups is 1. The van der Waals surface area contributed by atoms with Crippen LogP contribution in [0.5, 0.6) is 5.75 Å². The predicted octanol–water partition coefficient (Wildman–Crippen LogP) is 2.30. The minimum absolute atomic E-state index is 0.00823. The number of anilines is 1. The third-order valence-electron chi connectivity index (χ3n) is 5.07. The molecule has 1 heterocycles. The van der Waals surface area contributed by atoms with Crippen molar-refractivity contribution in [1.29, 1.82) is 0 Å². The van der Waals surface area contributed by atoms with Crippen molar-refractivity contribution < 1.29 is 14.6 Å². The lowest BCUT2D eigenvalue weighted by atomic mass is 10.2. The van der Waals surface area contributed by atoms with Crippen LogP contribution in [-0.4, -0.2) is 72.8 Å². The standard InChI is InChI=1S/C23H31N3O3/c1-18-6-8-20(9-7-18)24-23(28)16-26-12-10-25(11-13-26)15-21(27)17-29-22-5-3-4-19(2)14-22/h3-9,14,21,27H,10-13,15-17H2,1-2H3,(H,24,28). The molecule has 0 aliphatic carbocycles. The highest BCUT2D eigenvalue weighted by Crippen LogP contribution is 2.13. The van der Waals surface area contributed by atoms with Gasteiger partial charge in [0.1, 0.15) is 18.5 Å². The average molecular weight is 398 g/mol. The summed E-state index contributed by atoms with van der Waals surface area (Å²) in [5.74, 6) is 0.794. The third-order valence-corrected chi connectivity index (χ3v) is 5.07. The van der Waals surface area contributed by atoms with Gasteiger partial charge in [0.25, 0.3) is 0 Å². The lowest BCUT2D eigenvalue weighted by molar-refractivity contribution is -0.117. The maximum absolute atomic E-state index is 12.2. The van der Waals surface area contributed by atoms with E-state index in [1.807, 2.05) is 62.4 Å². The van der Waals surface area contributed by atoms with Crippen molar-refractivity contribution >= 4 is 11.6 Å². The lowest BCUT2D eigenvalue weighted by Gasteiger charge is -2.35. The molecule has 0 radical (unpaired) electrons. The van der Waals surface area contributed by atoms with E-state index in [1.165, 1.54) is 5.56 Å². The van der Waals surface area contributed by atoms with Gasteiger partial charge in [-0.1, -0.05) is 29.8 Å². The number of aliphatic hydroxyl groups is 1. The summed E-state index contributed by atoms with van der Waals surface area (Å²) >= 11 is 0. The van der Waals surface area contributed by atoms with Crippen LogP contribution >= 0.6 is 0 Å². The summed E-state index contributed by atoms with van der Waals surface area (Å²) in [7, 11) is 0. The Bertz CT molecular complexity index is 786. The van der Waals surface area contributed by atoms with Crippen LogP contribution in [0.4, 0.5) is 5.69 Å². The number of hydrogen-bond acceptors (Lipinski definition) is 5. The Labute approximate surface area is 173 Å². The van der Waals surface area contributed by atoms with Crippen molar-refractivity contribution in [2.24, 2.45) is 0 Å². The second-order valence-electron chi connectivity index (χ2n) is 7.77. The molecule has 29 heavy (non-hydrogen) atoms. The summed E-state index contributed by atoms with van der Waals surface area (Å²) in [6, 6.07) is 15.7. The molecule has 156 valence electrons. The SMILES string of the molecule is Cc1ccc(NC(=O)CN2CCN(CC(O)COc3cccc(C)c3)CC2)cc1. The van der Waals surface area contributed by atoms with Gasteiger partial charge in [0.15, 0.2) is 0 Å². The van der Waals surface area contributed by atoms with E-state index in [-0.39, 0.29) is 12.5 Å². The molecule has 1 unspecified atom stereocenters. The number of hydrogen-bond donors (Lipinski definition) is 2. The highest BCUT2D eigenvalue weighted by molar-refractivity contribution is 5.92. The highest BCUT2D eigenvalue weighted by Gasteiger charge is 2.21. The van der Waals surface area contributed by atoms with Gasteiger partial charge in [0.05, 0.1) is 6.54 Å². The molecule has 0 bridgehead atoms. The fraction of sp³-hybridized carbons (Fsp3) is 0.435. The van der Waals surface area contributed by atoms with Gasteiger partial charge >= 0.3 is 0 Å². The predicted molar refractivity (Wildman–Crippen MR) is 115 cm³/mol. The summed E-state index contributed by atoms with van der Waals surface area (Å²) in [5.41, 5.74) is 3.14. The van der Waals surface area contributed by atoms with E-state index in [4.69, 9.17) is 4.74 Å². The summed E-state index contributed by atoms with van der Waals surface area (Å²) in [6.07, 6.45) is -0.535. The number of amides is 1. The van der Waals surface area contributed by atoms with E-state index in [9.17, 15) is 9.90 Å². The van der Waals surface area contributed by atoms with Crippen LogP contribution in [0.1, 0.15) is 11.1 Å². The Balaban J connectivity index is 1.34. The van der Waals surface area contributed by atoms with E-state index >= 15 is 0 Å². The maximum Gasteiger partial charge on any atom is 0.238 e. The fourth-order valence-electron chi connectivity index (χ4n) is 3.42. The van der Waals surface area contributed by atoms with Crippen LogP contribution < -0.4 is 10.1 Å². The first-order valence-electron chi connectivity index (χ1n) is 10.2. The van der Waals surface area contributed by atoms with Crippen LogP contribution in [0.25, 0.3) is 0 Å². The lowest BCUT2D eigenvalue weighted by Crippen LogP contribution is -2.50. The van der Waals surface area contributed by atoms with E-state index in [0.29, 0.717) is 13.1 Å². The Morgan fingerprint density at radius 2 is 1.72 bits per heavy atom. The largest absolute Gasteiger partial charge is 0.491 e. The third kappa shape index (κ3) is 7.16. The Kier molecular flexibility index (Phi) is 7.63. The summed E-state index contributed by atoms with van der Waals surface area (Å²) in [4.78, 5) is 16.6. The molecule has 2 aromatic rings. The van der Waals surface area contributed by atoms with Crippen molar-refractivity contribution in [3.05, 3.63) is 59.7 Å². The van der Waals surface area contributed by atoms with Crippen molar-refractivity contribution in [3.63, 3.8) is 0 Å². The molecule has 2 N–H and O–H groups in total. The van der Waals surface area contributed by atoms with Crippen LogP contribution in [-0.2, 0) is 4.79 Å². The molecule has 6 heteroatoms. The second-order valence-corrected chi connectivity index (χ2v) is 7.77. The summed E-state index contributed by atoms with van der Waals surface area (Å²) in [6.45, 7) is 8.58. The fourth-order valence-corrected chi connectivity index (χ4v) is 3.42. The molecule has 1 saturated heterocycles. The van der Waals surface area contributed by atoms with Crippen molar-refractivity contribution in [2.75, 3.05) is 51.2 Å². The number of rotatable bonds is 8. The van der Waals surface area contributed by atoms with E-state index in [2.05, 4.69) is 15.1 Å². The summed E-state index contributed by atoms with van der Waals surface area (Å²) in [5, 5.41) is 13.2. The monoisotopic (exact) mass is 397 g/mol. The molecule has 0 saturated carbocycles. The Morgan fingerprint density at radius 1 is 1.03 bits per heavy atom. The molecule has 1 aliphatic rings. The van der Waals surface area contributed by atoms with Gasteiger partial charge in [-0.3, -0.25) is 14.6 Å². The Morgan fingerprint density at radius 3 is 2.41 bits per heavy atom. The number of nitrogens with one attached hydrogen (secondary N) is 1. The normalized spacial score (nSPS) is 16.4. The molecular formula is C23H31N3O3. The van der Waals surface area contributed by atoms with Crippen LogP contribution in [0.3, 0.4) is 0 Å². The minimum Gasteiger partial charge on any atom is -0.491 e. The second kappa shape index (κ2) is 10.4. The first-order chi connectivity index (χ1) is 14.0. The zero-order chi connectivity index (χ0) is 20.6. The highest BCUT2D eigenvalue weighted by atomic mass is 16.5. The quantitative estimate of drug-likeness (QED) is 0.716. The molecular weight excluding hydrogens is 366 g/mol. The summed E-state index contributed by atoms with van der Waals surface area (Å²) < 4.78 is 5.69. The van der Waals surface area contributed by atoms with Gasteiger partial charge in [0, 0.05) is 38.4 Å². The molecule has 2 aromatic carbocycles. The average Bonchev–Trinajstić information content (AvgIpc) is 2.70. The van der Waals surface area contributed by atoms with Crippen LogP contribution in [0.15, 0.2) is 48.5 Å². The van der Waals surface area contributed by atoms with Crippen molar-refractivity contribution in [1.82, 2.24) is 9.80 Å². The van der Waals surface area contributed by atoms with Gasteiger partial charge in [-0.05, 0) is 43.7 Å². The van der Waals surface area contributed by atoms with Crippen LogP contribution in [0.2, 0.25) is 0 Å². The number of aryl methyl sites for hydroxylation is 2. The number of nitrogens with zero attached hydrogens (tertiary/aromatic N) is 2. The number of benzene rings is 2. The topological polar surface area (TPSA) is 65.0 Å². The van der Waals surface area contributed by atoms with Gasteiger partial charge in [-0.15, -0.1) is 0 Å². The first-order valence-corrected chi connectivity index (χ1v) is 10.2. The minimum atomic E-state index is -0.535. The van der Waals surface area contributed by atoms with E-state index in [1.54, 1.807) is 0 Å². The van der Waals surface area contributed by atoms with Crippen molar-refractivity contribution in [2.45, 2.75) is 20.0 Å². The van der Waals surface area contributed by atoms with Crippen molar-refractivity contribution in [3.8, 4) is 5.75 Å². The number of carbonyl (C=O) groups excluding carboxylic acids is 1. The molecule has 3 rings (SSSR count). The molecule has 1 fully saturated rings. The Hall–Kier alpha value is -2.41. The number of β-amino-alcohol motifs (C(OH)–C–C–N with tert-alkyl or cyclic N) is 1. The van der Waals surface area contributed by atoms with E-state index in [0.717, 1.165) is 43.2 Å². The van der Waals surface area contributed by atoms with E-state index < -0.39 is 6.10 Å². The zero-order valence-corrected chi connectivity index (χ0v) is 17.3. The number of ether oxygens (including phenoxy) is 1. The van der Waals surface area contributed by atoms with Gasteiger partial charge < -0.3 is 15.2 Å². The molecule has 0 aromatic heterocycles. The molecule has 6 nitrogen and oxygen atoms in total. The van der Waals surface area contributed by atoms with Crippen LogP contribution in [0, 0.1) is 13.8 Å². The number of aliphatic hydroxyl groups excluding tert-OH is 1. The molecule has 1 atom stereocenters. The molecule has 0 spiro atoms. The van der Waals surface area contributed by atoms with Gasteiger partial charge in [-0.25, -0.2) is 0 Å². The first kappa shape index (κ1) is 21.3. The van der Waals surface area contributed by atoms with Gasteiger partial charge in [-0.2, -0.15) is 0 Å². The number of piperazine rings is 1. The molecule has 1 amide bonds. The van der Waals surface area contributed by atoms with Gasteiger partial charge in [0.2, 0.25) is 5.91 Å². The smallest absolute Gasteiger partial charge is 0.238 e. The molecule has 1 aliphatic heterocycles.